The third-order valence-electron chi connectivity index (χ3n) is 4.08. The van der Waals surface area contributed by atoms with Crippen LogP contribution in [0.3, 0.4) is 0 Å². The van der Waals surface area contributed by atoms with Crippen LogP contribution in [0.1, 0.15) is 31.2 Å². The normalized spacial score (nSPS) is 23.0. The number of nitrogens with one attached hydrogen (secondary N) is 1. The number of aliphatic hydroxyl groups is 1. The number of nitrogens with zero attached hydrogens (tertiary/aromatic N) is 1. The van der Waals surface area contributed by atoms with Crippen LogP contribution in [0.25, 0.3) is 0 Å². The first kappa shape index (κ1) is 15.5. The first-order chi connectivity index (χ1) is 10.2. The standard InChI is InChI=1S/C17H22N2O2/c18-11-15(9-13-5-2-1-3-6-13)17(21)19-12-14-7-4-8-16(20)10-14/h1-3,5-6,14-16,20H,4,7-10,12H2,(H,19,21). The molecule has 1 aromatic carbocycles. The molecule has 0 bridgehead atoms. The third kappa shape index (κ3) is 4.87. The minimum absolute atomic E-state index is 0.207. The van der Waals surface area contributed by atoms with Crippen molar-refractivity contribution in [2.45, 2.75) is 38.2 Å². The monoisotopic (exact) mass is 286 g/mol. The van der Waals surface area contributed by atoms with Crippen LogP contribution in [0, 0.1) is 23.2 Å². The predicted molar refractivity (Wildman–Crippen MR) is 80.2 cm³/mol. The molecule has 1 saturated carbocycles. The summed E-state index contributed by atoms with van der Waals surface area (Å²) < 4.78 is 0. The number of nitriles is 1. The second-order valence-corrected chi connectivity index (χ2v) is 5.80. The molecule has 4 heteroatoms. The number of carbonyl (C=O) groups excluding carboxylic acids is 1. The molecule has 1 aliphatic rings. The van der Waals surface area contributed by atoms with Crippen molar-refractivity contribution in [3.05, 3.63) is 35.9 Å². The molecule has 2 rings (SSSR count). The molecule has 0 aromatic heterocycles. The van der Waals surface area contributed by atoms with Gasteiger partial charge in [0.05, 0.1) is 12.2 Å². The van der Waals surface area contributed by atoms with Crippen LogP contribution in [0.5, 0.6) is 0 Å². The second kappa shape index (κ2) is 7.80. The summed E-state index contributed by atoms with van der Waals surface area (Å²) in [5.41, 5.74) is 0.993. The van der Waals surface area contributed by atoms with E-state index in [1.807, 2.05) is 30.3 Å². The largest absolute Gasteiger partial charge is 0.393 e. The van der Waals surface area contributed by atoms with Crippen molar-refractivity contribution in [3.8, 4) is 6.07 Å². The van der Waals surface area contributed by atoms with Crippen LogP contribution in [-0.4, -0.2) is 23.7 Å². The van der Waals surface area contributed by atoms with Crippen LogP contribution in [0.4, 0.5) is 0 Å². The minimum atomic E-state index is -0.652. The Morgan fingerprint density at radius 3 is 2.81 bits per heavy atom. The number of benzene rings is 1. The number of hydrogen-bond donors (Lipinski definition) is 2. The van der Waals surface area contributed by atoms with Gasteiger partial charge in [0, 0.05) is 6.54 Å². The van der Waals surface area contributed by atoms with Crippen LogP contribution in [0.2, 0.25) is 0 Å². The highest BCUT2D eigenvalue weighted by molar-refractivity contribution is 5.81. The van der Waals surface area contributed by atoms with Gasteiger partial charge in [0.2, 0.25) is 5.91 Å². The molecule has 1 aromatic rings. The number of hydrogen-bond acceptors (Lipinski definition) is 3. The Hall–Kier alpha value is -1.86. The summed E-state index contributed by atoms with van der Waals surface area (Å²) in [6.45, 7) is 0.558. The summed E-state index contributed by atoms with van der Waals surface area (Å²) in [7, 11) is 0. The van der Waals surface area contributed by atoms with E-state index >= 15 is 0 Å². The Morgan fingerprint density at radius 1 is 1.38 bits per heavy atom. The fraction of sp³-hybridized carbons (Fsp3) is 0.529. The van der Waals surface area contributed by atoms with Crippen molar-refractivity contribution in [3.63, 3.8) is 0 Å². The van der Waals surface area contributed by atoms with E-state index in [9.17, 15) is 15.2 Å². The molecule has 0 spiro atoms. The summed E-state index contributed by atoms with van der Waals surface area (Å²) in [6.07, 6.45) is 3.85. The number of amides is 1. The number of carbonyl (C=O) groups is 1. The Labute approximate surface area is 125 Å². The van der Waals surface area contributed by atoms with Crippen molar-refractivity contribution in [1.29, 1.82) is 5.26 Å². The van der Waals surface area contributed by atoms with Gasteiger partial charge < -0.3 is 10.4 Å². The molecule has 0 aliphatic heterocycles. The molecular formula is C17H22N2O2. The number of aliphatic hydroxyl groups excluding tert-OH is 1. The molecule has 0 heterocycles. The minimum Gasteiger partial charge on any atom is -0.393 e. The van der Waals surface area contributed by atoms with Gasteiger partial charge in [-0.3, -0.25) is 4.79 Å². The van der Waals surface area contributed by atoms with E-state index < -0.39 is 5.92 Å². The van der Waals surface area contributed by atoms with Crippen molar-refractivity contribution >= 4 is 5.91 Å². The van der Waals surface area contributed by atoms with E-state index in [4.69, 9.17) is 0 Å². The fourth-order valence-corrected chi connectivity index (χ4v) is 2.86. The first-order valence-electron chi connectivity index (χ1n) is 7.58. The van der Waals surface area contributed by atoms with Crippen molar-refractivity contribution < 1.29 is 9.90 Å². The Morgan fingerprint density at radius 2 is 2.14 bits per heavy atom. The highest BCUT2D eigenvalue weighted by atomic mass is 16.3. The Kier molecular flexibility index (Phi) is 5.77. The molecule has 3 atom stereocenters. The molecule has 0 saturated heterocycles. The zero-order chi connectivity index (χ0) is 15.1. The quantitative estimate of drug-likeness (QED) is 0.870. The van der Waals surface area contributed by atoms with E-state index in [2.05, 4.69) is 11.4 Å². The lowest BCUT2D eigenvalue weighted by Crippen LogP contribution is -2.36. The molecule has 112 valence electrons. The Bertz CT molecular complexity index is 495. The fourth-order valence-electron chi connectivity index (χ4n) is 2.86. The maximum absolute atomic E-state index is 12.1. The smallest absolute Gasteiger partial charge is 0.237 e. The predicted octanol–water partition coefficient (Wildman–Crippen LogP) is 2.04. The van der Waals surface area contributed by atoms with Crippen LogP contribution < -0.4 is 5.32 Å². The van der Waals surface area contributed by atoms with Crippen LogP contribution in [0.15, 0.2) is 30.3 Å². The lowest BCUT2D eigenvalue weighted by molar-refractivity contribution is -0.123. The van der Waals surface area contributed by atoms with E-state index in [1.165, 1.54) is 0 Å². The molecule has 0 radical (unpaired) electrons. The van der Waals surface area contributed by atoms with Gasteiger partial charge in [-0.15, -0.1) is 0 Å². The van der Waals surface area contributed by atoms with Gasteiger partial charge in [-0.05, 0) is 37.2 Å². The van der Waals surface area contributed by atoms with Crippen LogP contribution >= 0.6 is 0 Å². The summed E-state index contributed by atoms with van der Waals surface area (Å²) in [5.74, 6) is -0.531. The molecule has 4 nitrogen and oxygen atoms in total. The average Bonchev–Trinajstić information content (AvgIpc) is 2.51. The third-order valence-corrected chi connectivity index (χ3v) is 4.08. The lowest BCUT2D eigenvalue weighted by Gasteiger charge is -2.26. The topological polar surface area (TPSA) is 73.1 Å². The molecule has 1 amide bonds. The van der Waals surface area contributed by atoms with Crippen LogP contribution in [-0.2, 0) is 11.2 Å². The highest BCUT2D eigenvalue weighted by Crippen LogP contribution is 2.23. The maximum Gasteiger partial charge on any atom is 0.237 e. The second-order valence-electron chi connectivity index (χ2n) is 5.80. The Balaban J connectivity index is 1.82. The summed E-state index contributed by atoms with van der Waals surface area (Å²) >= 11 is 0. The van der Waals surface area contributed by atoms with E-state index in [0.717, 1.165) is 31.2 Å². The van der Waals surface area contributed by atoms with Gasteiger partial charge in [-0.2, -0.15) is 5.26 Å². The average molecular weight is 286 g/mol. The molecule has 1 fully saturated rings. The molecule has 21 heavy (non-hydrogen) atoms. The number of rotatable bonds is 5. The summed E-state index contributed by atoms with van der Waals surface area (Å²) in [6, 6.07) is 11.7. The lowest BCUT2D eigenvalue weighted by atomic mass is 9.87. The van der Waals surface area contributed by atoms with E-state index in [1.54, 1.807) is 0 Å². The molecule has 3 unspecified atom stereocenters. The van der Waals surface area contributed by atoms with Gasteiger partial charge in [-0.25, -0.2) is 0 Å². The molecule has 2 N–H and O–H groups in total. The van der Waals surface area contributed by atoms with E-state index in [-0.39, 0.29) is 12.0 Å². The van der Waals surface area contributed by atoms with Gasteiger partial charge in [0.25, 0.3) is 0 Å². The highest BCUT2D eigenvalue weighted by Gasteiger charge is 2.23. The van der Waals surface area contributed by atoms with Gasteiger partial charge in [0.1, 0.15) is 5.92 Å². The zero-order valence-electron chi connectivity index (χ0n) is 12.2. The first-order valence-corrected chi connectivity index (χ1v) is 7.58. The van der Waals surface area contributed by atoms with Gasteiger partial charge in [0.15, 0.2) is 0 Å². The van der Waals surface area contributed by atoms with Crippen molar-refractivity contribution in [2.75, 3.05) is 6.54 Å². The molecular weight excluding hydrogens is 264 g/mol. The van der Waals surface area contributed by atoms with Gasteiger partial charge in [-0.1, -0.05) is 36.8 Å². The summed E-state index contributed by atoms with van der Waals surface area (Å²) in [4.78, 5) is 12.1. The zero-order valence-corrected chi connectivity index (χ0v) is 12.2. The van der Waals surface area contributed by atoms with Crippen molar-refractivity contribution in [2.24, 2.45) is 11.8 Å². The van der Waals surface area contributed by atoms with Crippen molar-refractivity contribution in [1.82, 2.24) is 5.32 Å². The maximum atomic E-state index is 12.1. The SMILES string of the molecule is N#CC(Cc1ccccc1)C(=O)NCC1CCCC(O)C1. The van der Waals surface area contributed by atoms with Gasteiger partial charge >= 0.3 is 0 Å². The van der Waals surface area contributed by atoms with E-state index in [0.29, 0.717) is 18.9 Å². The summed E-state index contributed by atoms with van der Waals surface area (Å²) in [5, 5.41) is 21.7. The molecule has 1 aliphatic carbocycles.